The molecule has 29 heavy (non-hydrogen) atoms. The highest BCUT2D eigenvalue weighted by molar-refractivity contribution is 5.76. The number of aryl methyl sites for hydroxylation is 1. The Bertz CT molecular complexity index is 937. The Morgan fingerprint density at radius 2 is 1.86 bits per heavy atom. The number of aromatic nitrogens is 3. The summed E-state index contributed by atoms with van der Waals surface area (Å²) < 4.78 is 2.18. The summed E-state index contributed by atoms with van der Waals surface area (Å²) in [6.07, 6.45) is 10.7. The second-order valence-electron chi connectivity index (χ2n) is 7.61. The van der Waals surface area contributed by atoms with Crippen LogP contribution in [0, 0.1) is 0 Å². The van der Waals surface area contributed by atoms with E-state index >= 15 is 0 Å². The van der Waals surface area contributed by atoms with Crippen molar-refractivity contribution >= 4 is 5.91 Å². The Morgan fingerprint density at radius 1 is 1.07 bits per heavy atom. The van der Waals surface area contributed by atoms with E-state index in [-0.39, 0.29) is 17.6 Å². The van der Waals surface area contributed by atoms with Crippen molar-refractivity contribution in [2.45, 2.75) is 38.1 Å². The van der Waals surface area contributed by atoms with Crippen LogP contribution >= 0.6 is 0 Å². The third-order valence-electron chi connectivity index (χ3n) is 5.55. The van der Waals surface area contributed by atoms with Crippen LogP contribution in [0.1, 0.15) is 42.1 Å². The second-order valence-corrected chi connectivity index (χ2v) is 7.61. The summed E-state index contributed by atoms with van der Waals surface area (Å²) in [4.78, 5) is 23.5. The first-order valence-corrected chi connectivity index (χ1v) is 10.1. The van der Waals surface area contributed by atoms with Crippen LogP contribution in [-0.4, -0.2) is 43.5 Å². The Hall–Kier alpha value is -3.15. The number of imidazole rings is 1. The highest BCUT2D eigenvalue weighted by atomic mass is 16.3. The topological polar surface area (TPSA) is 71.2 Å². The van der Waals surface area contributed by atoms with Crippen molar-refractivity contribution in [2.75, 3.05) is 13.1 Å². The largest absolute Gasteiger partial charge is 0.508 e. The SMILES string of the molecule is O=C(CCc1ccc(O)cc1)N1CCCC(c2nccn2Cc2ccncc2)C1. The first-order valence-electron chi connectivity index (χ1n) is 10.1. The zero-order valence-electron chi connectivity index (χ0n) is 16.4. The number of aromatic hydroxyl groups is 1. The first kappa shape index (κ1) is 19.2. The van der Waals surface area contributed by atoms with Crippen LogP contribution in [0.3, 0.4) is 0 Å². The maximum absolute atomic E-state index is 12.8. The lowest BCUT2D eigenvalue weighted by atomic mass is 9.96. The van der Waals surface area contributed by atoms with E-state index in [0.717, 1.165) is 43.9 Å². The molecule has 0 saturated carbocycles. The molecule has 6 nitrogen and oxygen atoms in total. The van der Waals surface area contributed by atoms with E-state index in [0.29, 0.717) is 12.8 Å². The van der Waals surface area contributed by atoms with Crippen molar-refractivity contribution in [3.05, 3.63) is 78.1 Å². The number of nitrogens with zero attached hydrogens (tertiary/aromatic N) is 4. The van der Waals surface area contributed by atoms with Crippen molar-refractivity contribution in [2.24, 2.45) is 0 Å². The summed E-state index contributed by atoms with van der Waals surface area (Å²) in [5.41, 5.74) is 2.26. The van der Waals surface area contributed by atoms with Crippen LogP contribution in [0.4, 0.5) is 0 Å². The molecule has 3 aromatic rings. The van der Waals surface area contributed by atoms with Gasteiger partial charge in [-0.2, -0.15) is 0 Å². The van der Waals surface area contributed by atoms with E-state index in [9.17, 15) is 9.90 Å². The minimum absolute atomic E-state index is 0.190. The molecule has 1 amide bonds. The van der Waals surface area contributed by atoms with Crippen LogP contribution in [0.25, 0.3) is 0 Å². The van der Waals surface area contributed by atoms with Crippen molar-refractivity contribution in [3.63, 3.8) is 0 Å². The predicted molar refractivity (Wildman–Crippen MR) is 111 cm³/mol. The lowest BCUT2D eigenvalue weighted by Crippen LogP contribution is -2.39. The number of amides is 1. The molecule has 0 aliphatic carbocycles. The van der Waals surface area contributed by atoms with Crippen LogP contribution < -0.4 is 0 Å². The highest BCUT2D eigenvalue weighted by Crippen LogP contribution is 2.27. The van der Waals surface area contributed by atoms with Gasteiger partial charge in [-0.3, -0.25) is 9.78 Å². The summed E-state index contributed by atoms with van der Waals surface area (Å²) in [6.45, 7) is 2.31. The lowest BCUT2D eigenvalue weighted by molar-refractivity contribution is -0.132. The average Bonchev–Trinajstić information content (AvgIpc) is 3.22. The summed E-state index contributed by atoms with van der Waals surface area (Å²) in [5, 5.41) is 9.39. The number of carbonyl (C=O) groups excluding carboxylic acids is 1. The van der Waals surface area contributed by atoms with Gasteiger partial charge in [-0.1, -0.05) is 12.1 Å². The quantitative estimate of drug-likeness (QED) is 0.700. The number of phenolic OH excluding ortho intramolecular Hbond substituents is 1. The molecule has 1 saturated heterocycles. The molecule has 0 radical (unpaired) electrons. The van der Waals surface area contributed by atoms with E-state index < -0.39 is 0 Å². The molecule has 1 aliphatic heterocycles. The molecule has 1 atom stereocenters. The zero-order valence-corrected chi connectivity index (χ0v) is 16.4. The third-order valence-corrected chi connectivity index (χ3v) is 5.55. The fourth-order valence-corrected chi connectivity index (χ4v) is 3.99. The van der Waals surface area contributed by atoms with Gasteiger partial charge in [0, 0.05) is 56.8 Å². The van der Waals surface area contributed by atoms with Gasteiger partial charge in [-0.05, 0) is 54.7 Å². The van der Waals surface area contributed by atoms with Gasteiger partial charge in [0.1, 0.15) is 11.6 Å². The molecular formula is C23H26N4O2. The monoisotopic (exact) mass is 390 g/mol. The fraction of sp³-hybridized carbons (Fsp3) is 0.348. The number of benzene rings is 1. The number of hydrogen-bond acceptors (Lipinski definition) is 4. The number of phenols is 1. The molecule has 1 N–H and O–H groups in total. The first-order chi connectivity index (χ1) is 14.2. The van der Waals surface area contributed by atoms with Crippen LogP contribution in [0.2, 0.25) is 0 Å². The minimum Gasteiger partial charge on any atom is -0.508 e. The second kappa shape index (κ2) is 8.90. The number of carbonyl (C=O) groups is 1. The van der Waals surface area contributed by atoms with Crippen molar-refractivity contribution < 1.29 is 9.90 Å². The minimum atomic E-state index is 0.190. The van der Waals surface area contributed by atoms with Gasteiger partial charge in [0.25, 0.3) is 0 Å². The zero-order chi connectivity index (χ0) is 20.1. The van der Waals surface area contributed by atoms with Gasteiger partial charge >= 0.3 is 0 Å². The van der Waals surface area contributed by atoms with Crippen molar-refractivity contribution in [1.29, 1.82) is 0 Å². The molecule has 1 unspecified atom stereocenters. The Balaban J connectivity index is 1.38. The molecule has 1 aromatic carbocycles. The Morgan fingerprint density at radius 3 is 2.66 bits per heavy atom. The molecule has 6 heteroatoms. The Kier molecular flexibility index (Phi) is 5.89. The normalized spacial score (nSPS) is 16.7. The van der Waals surface area contributed by atoms with Crippen molar-refractivity contribution in [3.8, 4) is 5.75 Å². The van der Waals surface area contributed by atoms with Crippen LogP contribution in [-0.2, 0) is 17.8 Å². The maximum atomic E-state index is 12.8. The summed E-state index contributed by atoms with van der Waals surface area (Å²) >= 11 is 0. The van der Waals surface area contributed by atoms with Crippen LogP contribution in [0.5, 0.6) is 5.75 Å². The molecule has 1 fully saturated rings. The van der Waals surface area contributed by atoms with Crippen molar-refractivity contribution in [1.82, 2.24) is 19.4 Å². The number of pyridine rings is 1. The number of piperidine rings is 1. The lowest BCUT2D eigenvalue weighted by Gasteiger charge is -2.33. The predicted octanol–water partition coefficient (Wildman–Crippen LogP) is 3.37. The van der Waals surface area contributed by atoms with Gasteiger partial charge in [-0.25, -0.2) is 4.98 Å². The van der Waals surface area contributed by atoms with Gasteiger partial charge in [0.2, 0.25) is 5.91 Å². The summed E-state index contributed by atoms with van der Waals surface area (Å²) in [5.74, 6) is 1.76. The van der Waals surface area contributed by atoms with Gasteiger partial charge < -0.3 is 14.6 Å². The average molecular weight is 390 g/mol. The van der Waals surface area contributed by atoms with E-state index in [1.165, 1.54) is 5.56 Å². The molecule has 3 heterocycles. The Labute approximate surface area is 170 Å². The van der Waals surface area contributed by atoms with Gasteiger partial charge in [0.05, 0.1) is 0 Å². The maximum Gasteiger partial charge on any atom is 0.222 e. The summed E-state index contributed by atoms with van der Waals surface area (Å²) in [6, 6.07) is 11.1. The smallest absolute Gasteiger partial charge is 0.222 e. The molecule has 4 rings (SSSR count). The molecular weight excluding hydrogens is 364 g/mol. The third kappa shape index (κ3) is 4.83. The number of likely N-dealkylation sites (tertiary alicyclic amines) is 1. The number of hydrogen-bond donors (Lipinski definition) is 1. The fourth-order valence-electron chi connectivity index (χ4n) is 3.99. The molecule has 0 bridgehead atoms. The molecule has 150 valence electrons. The van der Waals surface area contributed by atoms with E-state index in [1.807, 2.05) is 41.6 Å². The van der Waals surface area contributed by atoms with Crippen LogP contribution in [0.15, 0.2) is 61.2 Å². The highest BCUT2D eigenvalue weighted by Gasteiger charge is 2.27. The van der Waals surface area contributed by atoms with E-state index in [2.05, 4.69) is 14.5 Å². The summed E-state index contributed by atoms with van der Waals surface area (Å²) in [7, 11) is 0. The number of rotatable bonds is 6. The van der Waals surface area contributed by atoms with E-state index in [1.54, 1.807) is 24.5 Å². The van der Waals surface area contributed by atoms with E-state index in [4.69, 9.17) is 0 Å². The van der Waals surface area contributed by atoms with Gasteiger partial charge in [-0.15, -0.1) is 0 Å². The van der Waals surface area contributed by atoms with Gasteiger partial charge in [0.15, 0.2) is 0 Å². The molecule has 0 spiro atoms. The molecule has 2 aromatic heterocycles. The standard InChI is InChI=1S/C23H26N4O2/c28-21-6-3-18(4-7-21)5-8-22(29)26-14-1-2-20(17-26)23-25-13-15-27(23)16-19-9-11-24-12-10-19/h3-4,6-7,9-13,15,20,28H,1-2,5,8,14,16-17H2. The molecule has 1 aliphatic rings.